The van der Waals surface area contributed by atoms with Gasteiger partial charge in [-0.1, -0.05) is 0 Å². The smallest absolute Gasteiger partial charge is 0.334 e. The molecule has 0 bridgehead atoms. The highest BCUT2D eigenvalue weighted by Gasteiger charge is 2.28. The Hall–Kier alpha value is -2.16. The molecule has 0 spiro atoms. The molecule has 19 heavy (non-hydrogen) atoms. The third kappa shape index (κ3) is 3.19. The summed E-state index contributed by atoms with van der Waals surface area (Å²) >= 11 is 0. The van der Waals surface area contributed by atoms with Crippen molar-refractivity contribution in [3.05, 3.63) is 12.2 Å². The minimum Gasteiger partial charge on any atom is -0.479 e. The van der Waals surface area contributed by atoms with E-state index >= 15 is 0 Å². The number of aryl methyl sites for hydroxylation is 1. The highest BCUT2D eigenvalue weighted by molar-refractivity contribution is 5.77. The lowest BCUT2D eigenvalue weighted by Gasteiger charge is -2.30. The topological polar surface area (TPSA) is 110 Å². The molecule has 0 radical (unpaired) electrons. The molecule has 0 aliphatic carbocycles. The number of rotatable bonds is 3. The van der Waals surface area contributed by atoms with Crippen LogP contribution in [0.2, 0.25) is 0 Å². The van der Waals surface area contributed by atoms with Gasteiger partial charge in [0.05, 0.1) is 19.7 Å². The van der Waals surface area contributed by atoms with E-state index in [4.69, 9.17) is 9.84 Å². The number of nitrogens with one attached hydrogen (secondary N) is 1. The minimum absolute atomic E-state index is 0.0416. The molecule has 1 saturated heterocycles. The van der Waals surface area contributed by atoms with E-state index in [-0.39, 0.29) is 25.7 Å². The number of carbonyl (C=O) groups is 2. The van der Waals surface area contributed by atoms with Crippen molar-refractivity contribution in [2.24, 2.45) is 7.05 Å². The van der Waals surface area contributed by atoms with Crippen LogP contribution in [0.3, 0.4) is 0 Å². The van der Waals surface area contributed by atoms with Crippen molar-refractivity contribution in [3.8, 4) is 0 Å². The summed E-state index contributed by atoms with van der Waals surface area (Å²) in [6, 6.07) is -0.336. The maximum Gasteiger partial charge on any atom is 0.334 e. The molecule has 0 saturated carbocycles. The fourth-order valence-corrected chi connectivity index (χ4v) is 1.72. The molecule has 1 aromatic heterocycles. The third-order valence-corrected chi connectivity index (χ3v) is 2.83. The fraction of sp³-hybridized carbons (Fsp3) is 0.600. The van der Waals surface area contributed by atoms with Crippen LogP contribution in [-0.4, -0.2) is 62.6 Å². The Morgan fingerprint density at radius 2 is 2.42 bits per heavy atom. The molecule has 2 heterocycles. The summed E-state index contributed by atoms with van der Waals surface area (Å²) < 4.78 is 6.74. The maximum atomic E-state index is 11.9. The summed E-state index contributed by atoms with van der Waals surface area (Å²) in [6.07, 6.45) is 0.575. The molecule has 1 aliphatic rings. The number of carboxylic acids is 1. The van der Waals surface area contributed by atoms with Crippen LogP contribution in [0.4, 0.5) is 4.79 Å². The van der Waals surface area contributed by atoms with Gasteiger partial charge in [-0.25, -0.2) is 9.59 Å². The zero-order valence-corrected chi connectivity index (χ0v) is 10.4. The second-order valence-corrected chi connectivity index (χ2v) is 4.16. The maximum absolute atomic E-state index is 11.9. The van der Waals surface area contributed by atoms with E-state index in [1.54, 1.807) is 11.6 Å². The first-order chi connectivity index (χ1) is 9.08. The molecule has 1 atom stereocenters. The first-order valence-corrected chi connectivity index (χ1v) is 5.78. The van der Waals surface area contributed by atoms with Crippen LogP contribution in [-0.2, 0) is 23.1 Å². The first kappa shape index (κ1) is 13.3. The van der Waals surface area contributed by atoms with Gasteiger partial charge in [-0.3, -0.25) is 0 Å². The van der Waals surface area contributed by atoms with Crippen molar-refractivity contribution >= 4 is 12.0 Å². The lowest BCUT2D eigenvalue weighted by molar-refractivity contribution is -0.154. The number of carbonyl (C=O) groups excluding carboxylic acids is 1. The Morgan fingerprint density at radius 3 is 3.05 bits per heavy atom. The summed E-state index contributed by atoms with van der Waals surface area (Å²) in [5, 5.41) is 19.1. The summed E-state index contributed by atoms with van der Waals surface area (Å²) in [4.78, 5) is 24.1. The van der Waals surface area contributed by atoms with Gasteiger partial charge < -0.3 is 24.6 Å². The van der Waals surface area contributed by atoms with E-state index < -0.39 is 12.1 Å². The zero-order chi connectivity index (χ0) is 13.8. The fourth-order valence-electron chi connectivity index (χ4n) is 1.72. The number of urea groups is 1. The van der Waals surface area contributed by atoms with Gasteiger partial charge in [-0.15, -0.1) is 10.2 Å². The normalized spacial score (nSPS) is 19.2. The largest absolute Gasteiger partial charge is 0.479 e. The highest BCUT2D eigenvalue weighted by atomic mass is 16.5. The van der Waals surface area contributed by atoms with Crippen molar-refractivity contribution in [2.75, 3.05) is 19.7 Å². The average molecular weight is 269 g/mol. The van der Waals surface area contributed by atoms with Crippen molar-refractivity contribution < 1.29 is 19.4 Å². The SMILES string of the molecule is Cn1cnnc1CNC(=O)N1CCOC(C(=O)O)C1. The number of hydrogen-bond donors (Lipinski definition) is 2. The van der Waals surface area contributed by atoms with E-state index in [9.17, 15) is 9.59 Å². The van der Waals surface area contributed by atoms with Crippen molar-refractivity contribution in [2.45, 2.75) is 12.6 Å². The van der Waals surface area contributed by atoms with E-state index in [1.807, 2.05) is 0 Å². The molecule has 0 aromatic carbocycles. The van der Waals surface area contributed by atoms with Gasteiger partial charge in [0.1, 0.15) is 6.33 Å². The predicted molar refractivity (Wildman–Crippen MR) is 62.2 cm³/mol. The third-order valence-electron chi connectivity index (χ3n) is 2.83. The van der Waals surface area contributed by atoms with Crippen molar-refractivity contribution in [1.82, 2.24) is 25.0 Å². The molecule has 2 amide bonds. The standard InChI is InChI=1S/C10H15N5O4/c1-14-6-12-13-8(14)4-11-10(18)15-2-3-19-7(5-15)9(16)17/h6-7H,2-5H2,1H3,(H,11,18)(H,16,17). The van der Waals surface area contributed by atoms with Gasteiger partial charge in [-0.05, 0) is 0 Å². The van der Waals surface area contributed by atoms with Gasteiger partial charge in [0.15, 0.2) is 11.9 Å². The summed E-state index contributed by atoms with van der Waals surface area (Å²) in [5.74, 6) is -0.442. The molecular weight excluding hydrogens is 254 g/mol. The molecular formula is C10H15N5O4. The second-order valence-electron chi connectivity index (χ2n) is 4.16. The highest BCUT2D eigenvalue weighted by Crippen LogP contribution is 2.05. The van der Waals surface area contributed by atoms with Crippen LogP contribution < -0.4 is 5.32 Å². The van der Waals surface area contributed by atoms with Gasteiger partial charge in [-0.2, -0.15) is 0 Å². The van der Waals surface area contributed by atoms with Crippen molar-refractivity contribution in [3.63, 3.8) is 0 Å². The quantitative estimate of drug-likeness (QED) is 0.714. The number of hydrogen-bond acceptors (Lipinski definition) is 5. The van der Waals surface area contributed by atoms with Crippen LogP contribution in [0.15, 0.2) is 6.33 Å². The number of morpholine rings is 1. The molecule has 1 aliphatic heterocycles. The Balaban J connectivity index is 1.86. The van der Waals surface area contributed by atoms with Crippen LogP contribution >= 0.6 is 0 Å². The van der Waals surface area contributed by atoms with Gasteiger partial charge >= 0.3 is 12.0 Å². The number of ether oxygens (including phenoxy) is 1. The van der Waals surface area contributed by atoms with Crippen LogP contribution in [0.5, 0.6) is 0 Å². The van der Waals surface area contributed by atoms with Gasteiger partial charge in [0.2, 0.25) is 0 Å². The monoisotopic (exact) mass is 269 g/mol. The van der Waals surface area contributed by atoms with Crippen LogP contribution in [0.1, 0.15) is 5.82 Å². The molecule has 9 heteroatoms. The predicted octanol–water partition coefficient (Wildman–Crippen LogP) is -1.19. The Morgan fingerprint density at radius 1 is 1.63 bits per heavy atom. The Bertz CT molecular complexity index is 474. The Labute approximate surface area is 109 Å². The average Bonchev–Trinajstić information content (AvgIpc) is 2.81. The van der Waals surface area contributed by atoms with Gasteiger partial charge in [0, 0.05) is 13.6 Å². The summed E-state index contributed by atoms with van der Waals surface area (Å²) in [6.45, 7) is 0.868. The molecule has 1 unspecified atom stereocenters. The van der Waals surface area contributed by atoms with E-state index in [0.29, 0.717) is 12.4 Å². The molecule has 9 nitrogen and oxygen atoms in total. The van der Waals surface area contributed by atoms with Crippen molar-refractivity contribution in [1.29, 1.82) is 0 Å². The number of aliphatic carboxylic acids is 1. The number of amides is 2. The second kappa shape index (κ2) is 5.65. The molecule has 1 fully saturated rings. The number of aromatic nitrogens is 3. The molecule has 104 valence electrons. The lowest BCUT2D eigenvalue weighted by atomic mass is 10.3. The number of nitrogens with zero attached hydrogens (tertiary/aromatic N) is 4. The summed E-state index contributed by atoms with van der Waals surface area (Å²) in [5.41, 5.74) is 0. The summed E-state index contributed by atoms with van der Waals surface area (Å²) in [7, 11) is 1.77. The molecule has 2 rings (SSSR count). The lowest BCUT2D eigenvalue weighted by Crippen LogP contribution is -2.51. The molecule has 1 aromatic rings. The number of carboxylic acid groups (broad SMARTS) is 1. The zero-order valence-electron chi connectivity index (χ0n) is 10.4. The van der Waals surface area contributed by atoms with E-state index in [1.165, 1.54) is 11.2 Å². The Kier molecular flexibility index (Phi) is 3.95. The van der Waals surface area contributed by atoms with Gasteiger partial charge in [0.25, 0.3) is 0 Å². The van der Waals surface area contributed by atoms with Crippen LogP contribution in [0.25, 0.3) is 0 Å². The minimum atomic E-state index is -1.06. The van der Waals surface area contributed by atoms with E-state index in [0.717, 1.165) is 0 Å². The first-order valence-electron chi connectivity index (χ1n) is 5.78. The van der Waals surface area contributed by atoms with E-state index in [2.05, 4.69) is 15.5 Å². The molecule has 2 N–H and O–H groups in total. The van der Waals surface area contributed by atoms with Crippen LogP contribution in [0, 0.1) is 0 Å².